The average molecular weight is 364 g/mol. The molecule has 0 aliphatic carbocycles. The van der Waals surface area contributed by atoms with Crippen molar-refractivity contribution >= 4 is 11.6 Å². The number of aryl methyl sites for hydroxylation is 1. The van der Waals surface area contributed by atoms with Crippen molar-refractivity contribution in [2.75, 3.05) is 13.6 Å². The number of aromatic nitrogens is 3. The number of guanidine groups is 1. The van der Waals surface area contributed by atoms with Crippen LogP contribution < -0.4 is 10.6 Å². The lowest BCUT2D eigenvalue weighted by atomic mass is 9.94. The Morgan fingerprint density at radius 3 is 2.63 bits per heavy atom. The number of rotatable bonds is 7. The molecule has 27 heavy (non-hydrogen) atoms. The summed E-state index contributed by atoms with van der Waals surface area (Å²) < 4.78 is 2.04. The number of nitrogens with zero attached hydrogens (tertiary/aromatic N) is 4. The van der Waals surface area contributed by atoms with Crippen molar-refractivity contribution in [3.63, 3.8) is 0 Å². The highest BCUT2D eigenvalue weighted by Gasteiger charge is 2.15. The van der Waals surface area contributed by atoms with Gasteiger partial charge in [-0.2, -0.15) is 0 Å². The van der Waals surface area contributed by atoms with E-state index in [1.54, 1.807) is 7.05 Å². The molecule has 2 aromatic heterocycles. The van der Waals surface area contributed by atoms with E-state index >= 15 is 0 Å². The van der Waals surface area contributed by atoms with Gasteiger partial charge in [-0.05, 0) is 31.0 Å². The summed E-state index contributed by atoms with van der Waals surface area (Å²) in [5.41, 5.74) is 2.22. The predicted molar refractivity (Wildman–Crippen MR) is 110 cm³/mol. The van der Waals surface area contributed by atoms with E-state index in [0.29, 0.717) is 5.92 Å². The lowest BCUT2D eigenvalue weighted by Gasteiger charge is -2.24. The van der Waals surface area contributed by atoms with Gasteiger partial charge in [-0.1, -0.05) is 43.3 Å². The Labute approximate surface area is 160 Å². The van der Waals surface area contributed by atoms with Crippen LogP contribution in [-0.2, 0) is 6.42 Å². The Bertz CT molecular complexity index is 871. The Kier molecular flexibility index (Phi) is 6.41. The summed E-state index contributed by atoms with van der Waals surface area (Å²) in [6.07, 6.45) is 3.83. The van der Waals surface area contributed by atoms with E-state index in [4.69, 9.17) is 0 Å². The summed E-state index contributed by atoms with van der Waals surface area (Å²) in [7, 11) is 1.81. The Hall–Kier alpha value is -2.89. The quantitative estimate of drug-likeness (QED) is 0.384. The van der Waals surface area contributed by atoms with Crippen molar-refractivity contribution in [3.8, 4) is 0 Å². The lowest BCUT2D eigenvalue weighted by Crippen LogP contribution is -2.44. The molecular weight excluding hydrogens is 336 g/mol. The minimum Gasteiger partial charge on any atom is -0.356 e. The number of aliphatic imine (C=N–C) groups is 1. The third-order valence-electron chi connectivity index (χ3n) is 4.92. The topological polar surface area (TPSA) is 66.6 Å². The van der Waals surface area contributed by atoms with Gasteiger partial charge in [-0.3, -0.25) is 9.39 Å². The van der Waals surface area contributed by atoms with E-state index in [1.165, 1.54) is 5.56 Å². The summed E-state index contributed by atoms with van der Waals surface area (Å²) in [5, 5.41) is 15.4. The molecule has 6 nitrogen and oxygen atoms in total. The normalized spacial score (nSPS) is 14.1. The van der Waals surface area contributed by atoms with Crippen LogP contribution in [0.4, 0.5) is 0 Å². The summed E-state index contributed by atoms with van der Waals surface area (Å²) >= 11 is 0. The van der Waals surface area contributed by atoms with Crippen molar-refractivity contribution in [2.24, 2.45) is 4.99 Å². The molecule has 0 fully saturated rings. The van der Waals surface area contributed by atoms with Crippen LogP contribution in [-0.4, -0.2) is 40.2 Å². The first-order chi connectivity index (χ1) is 13.2. The zero-order chi connectivity index (χ0) is 19.1. The van der Waals surface area contributed by atoms with Crippen LogP contribution in [0.2, 0.25) is 0 Å². The van der Waals surface area contributed by atoms with E-state index in [9.17, 15) is 0 Å². The average Bonchev–Trinajstić information content (AvgIpc) is 3.13. The molecule has 0 aliphatic rings. The van der Waals surface area contributed by atoms with Crippen LogP contribution >= 0.6 is 0 Å². The molecule has 0 amide bonds. The van der Waals surface area contributed by atoms with Crippen LogP contribution in [0.25, 0.3) is 5.65 Å². The zero-order valence-electron chi connectivity index (χ0n) is 16.3. The lowest BCUT2D eigenvalue weighted by molar-refractivity contribution is 0.549. The van der Waals surface area contributed by atoms with Crippen molar-refractivity contribution < 1.29 is 0 Å². The summed E-state index contributed by atoms with van der Waals surface area (Å²) in [5.74, 6) is 2.21. The maximum Gasteiger partial charge on any atom is 0.191 e. The van der Waals surface area contributed by atoms with Crippen LogP contribution in [0.15, 0.2) is 59.7 Å². The first kappa shape index (κ1) is 18.9. The zero-order valence-corrected chi connectivity index (χ0v) is 16.3. The third kappa shape index (κ3) is 4.84. The van der Waals surface area contributed by atoms with Crippen LogP contribution in [0.1, 0.15) is 37.6 Å². The second-order valence-electron chi connectivity index (χ2n) is 6.78. The van der Waals surface area contributed by atoms with Gasteiger partial charge in [0.05, 0.1) is 0 Å². The molecule has 0 saturated carbocycles. The Morgan fingerprint density at radius 1 is 1.07 bits per heavy atom. The largest absolute Gasteiger partial charge is 0.356 e. The first-order valence-electron chi connectivity index (χ1n) is 9.50. The molecule has 0 bridgehead atoms. The predicted octanol–water partition coefficient (Wildman–Crippen LogP) is 3.02. The fourth-order valence-electron chi connectivity index (χ4n) is 3.10. The maximum atomic E-state index is 4.35. The molecule has 142 valence electrons. The SMILES string of the molecule is CN=C(NCCCc1nnc2ccccn12)NC(C)C(C)c1ccccc1. The number of hydrogen-bond donors (Lipinski definition) is 2. The summed E-state index contributed by atoms with van der Waals surface area (Å²) in [6.45, 7) is 5.25. The molecule has 2 unspecified atom stereocenters. The molecule has 0 spiro atoms. The summed E-state index contributed by atoms with van der Waals surface area (Å²) in [6, 6.07) is 16.8. The number of pyridine rings is 1. The third-order valence-corrected chi connectivity index (χ3v) is 4.92. The van der Waals surface area contributed by atoms with Gasteiger partial charge < -0.3 is 10.6 Å². The fraction of sp³-hybridized carbons (Fsp3) is 0.381. The minimum absolute atomic E-state index is 0.277. The molecule has 3 rings (SSSR count). The van der Waals surface area contributed by atoms with E-state index in [-0.39, 0.29) is 6.04 Å². The second kappa shape index (κ2) is 9.16. The molecule has 3 aromatic rings. The molecular formula is C21H28N6. The highest BCUT2D eigenvalue weighted by Crippen LogP contribution is 2.18. The van der Waals surface area contributed by atoms with E-state index in [2.05, 4.69) is 63.9 Å². The molecule has 6 heteroatoms. The first-order valence-corrected chi connectivity index (χ1v) is 9.50. The van der Waals surface area contributed by atoms with E-state index < -0.39 is 0 Å². The monoisotopic (exact) mass is 364 g/mol. The molecule has 1 aromatic carbocycles. The molecule has 0 saturated heterocycles. The van der Waals surface area contributed by atoms with Crippen LogP contribution in [0.5, 0.6) is 0 Å². The molecule has 2 N–H and O–H groups in total. The van der Waals surface area contributed by atoms with Crippen molar-refractivity contribution in [3.05, 3.63) is 66.1 Å². The number of nitrogens with one attached hydrogen (secondary N) is 2. The van der Waals surface area contributed by atoms with E-state index in [0.717, 1.165) is 36.8 Å². The summed E-state index contributed by atoms with van der Waals surface area (Å²) in [4.78, 5) is 4.35. The van der Waals surface area contributed by atoms with Crippen molar-refractivity contribution in [1.82, 2.24) is 25.2 Å². The standard InChI is InChI=1S/C21H28N6/c1-16(18-10-5-4-6-11-18)17(2)24-21(22-3)23-14-9-13-20-26-25-19-12-7-8-15-27(19)20/h4-8,10-12,15-17H,9,13-14H2,1-3H3,(H2,22,23,24). The van der Waals surface area contributed by atoms with E-state index in [1.807, 2.05) is 34.9 Å². The highest BCUT2D eigenvalue weighted by atomic mass is 15.2. The Morgan fingerprint density at radius 2 is 1.85 bits per heavy atom. The highest BCUT2D eigenvalue weighted by molar-refractivity contribution is 5.80. The maximum absolute atomic E-state index is 4.35. The fourth-order valence-corrected chi connectivity index (χ4v) is 3.10. The number of benzene rings is 1. The molecule has 2 atom stereocenters. The van der Waals surface area contributed by atoms with Gasteiger partial charge in [-0.15, -0.1) is 10.2 Å². The Balaban J connectivity index is 1.46. The smallest absolute Gasteiger partial charge is 0.191 e. The number of hydrogen-bond acceptors (Lipinski definition) is 3. The second-order valence-corrected chi connectivity index (χ2v) is 6.78. The van der Waals surface area contributed by atoms with Gasteiger partial charge in [0.25, 0.3) is 0 Å². The van der Waals surface area contributed by atoms with Crippen LogP contribution in [0, 0.1) is 0 Å². The van der Waals surface area contributed by atoms with Crippen LogP contribution in [0.3, 0.4) is 0 Å². The van der Waals surface area contributed by atoms with Gasteiger partial charge >= 0.3 is 0 Å². The van der Waals surface area contributed by atoms with Gasteiger partial charge in [0.2, 0.25) is 0 Å². The molecule has 0 aliphatic heterocycles. The van der Waals surface area contributed by atoms with Gasteiger partial charge in [0.15, 0.2) is 11.6 Å². The van der Waals surface area contributed by atoms with Gasteiger partial charge in [-0.25, -0.2) is 0 Å². The van der Waals surface area contributed by atoms with Gasteiger partial charge in [0.1, 0.15) is 5.82 Å². The molecule has 2 heterocycles. The number of fused-ring (bicyclic) bond motifs is 1. The van der Waals surface area contributed by atoms with Gasteiger partial charge in [0, 0.05) is 38.2 Å². The van der Waals surface area contributed by atoms with Crippen molar-refractivity contribution in [2.45, 2.75) is 38.6 Å². The molecule has 0 radical (unpaired) electrons. The minimum atomic E-state index is 0.277. The van der Waals surface area contributed by atoms with Crippen molar-refractivity contribution in [1.29, 1.82) is 0 Å².